The van der Waals surface area contributed by atoms with E-state index >= 15 is 0 Å². The van der Waals surface area contributed by atoms with Gasteiger partial charge in [-0.25, -0.2) is 0 Å². The quantitative estimate of drug-likeness (QED) is 0.634. The Hall–Kier alpha value is -3.07. The van der Waals surface area contributed by atoms with Crippen molar-refractivity contribution in [2.24, 2.45) is 0 Å². The van der Waals surface area contributed by atoms with Gasteiger partial charge in [-0.3, -0.25) is 9.69 Å². The van der Waals surface area contributed by atoms with Crippen LogP contribution in [0.2, 0.25) is 0 Å². The van der Waals surface area contributed by atoms with Gasteiger partial charge in [0.15, 0.2) is 11.5 Å². The highest BCUT2D eigenvalue weighted by Crippen LogP contribution is 2.32. The first kappa shape index (κ1) is 20.2. The predicted octanol–water partition coefficient (Wildman–Crippen LogP) is 4.22. The minimum absolute atomic E-state index is 0.113. The second-order valence-electron chi connectivity index (χ2n) is 7.25. The molecule has 1 aromatic carbocycles. The monoisotopic (exact) mass is 419 g/mol. The van der Waals surface area contributed by atoms with Gasteiger partial charge in [0, 0.05) is 37.8 Å². The van der Waals surface area contributed by atoms with Crippen LogP contribution < -0.4 is 0 Å². The Bertz CT molecular complexity index is 1030. The van der Waals surface area contributed by atoms with Gasteiger partial charge in [-0.15, -0.1) is 0 Å². The largest absolute Gasteiger partial charge is 0.451 e. The molecule has 1 fully saturated rings. The van der Waals surface area contributed by atoms with Gasteiger partial charge in [-0.05, 0) is 31.2 Å². The van der Waals surface area contributed by atoms with Gasteiger partial charge in [-0.2, -0.15) is 13.2 Å². The number of aromatic nitrogens is 1. The second-order valence-corrected chi connectivity index (χ2v) is 7.25. The summed E-state index contributed by atoms with van der Waals surface area (Å²) in [6, 6.07) is 9.75. The molecule has 158 valence electrons. The number of rotatable bonds is 4. The van der Waals surface area contributed by atoms with Crippen LogP contribution in [0, 0.1) is 6.92 Å². The molecular weight excluding hydrogens is 399 g/mol. The van der Waals surface area contributed by atoms with Gasteiger partial charge in [0.25, 0.3) is 5.91 Å². The van der Waals surface area contributed by atoms with Crippen molar-refractivity contribution in [1.82, 2.24) is 15.0 Å². The molecule has 0 N–H and O–H groups in total. The van der Waals surface area contributed by atoms with Crippen LogP contribution in [0.5, 0.6) is 0 Å². The Kier molecular flexibility index (Phi) is 5.38. The van der Waals surface area contributed by atoms with Gasteiger partial charge in [0.05, 0.1) is 17.8 Å². The SMILES string of the molecule is Cc1cc(CN2CCN(C(=O)c3ccc(-c4cccc(C(F)(F)F)c4)o3)CC2)on1. The summed E-state index contributed by atoms with van der Waals surface area (Å²) in [4.78, 5) is 16.6. The molecule has 3 aromatic rings. The van der Waals surface area contributed by atoms with E-state index in [0.29, 0.717) is 32.7 Å². The van der Waals surface area contributed by atoms with Crippen LogP contribution in [0.15, 0.2) is 51.4 Å². The fourth-order valence-electron chi connectivity index (χ4n) is 3.43. The van der Waals surface area contributed by atoms with Crippen molar-refractivity contribution < 1.29 is 26.9 Å². The molecule has 0 atom stereocenters. The lowest BCUT2D eigenvalue weighted by Crippen LogP contribution is -2.48. The third-order valence-electron chi connectivity index (χ3n) is 5.01. The first-order valence-electron chi connectivity index (χ1n) is 9.51. The van der Waals surface area contributed by atoms with Gasteiger partial charge in [-0.1, -0.05) is 17.3 Å². The van der Waals surface area contributed by atoms with Crippen LogP contribution in [0.4, 0.5) is 13.2 Å². The molecule has 9 heteroatoms. The maximum absolute atomic E-state index is 12.9. The van der Waals surface area contributed by atoms with Crippen LogP contribution in [0.3, 0.4) is 0 Å². The lowest BCUT2D eigenvalue weighted by molar-refractivity contribution is -0.137. The molecule has 0 spiro atoms. The Labute approximate surface area is 170 Å². The summed E-state index contributed by atoms with van der Waals surface area (Å²) in [6.07, 6.45) is -4.44. The number of amides is 1. The number of nitrogens with zero attached hydrogens (tertiary/aromatic N) is 3. The number of carbonyl (C=O) groups is 1. The fraction of sp³-hybridized carbons (Fsp3) is 0.333. The summed E-state index contributed by atoms with van der Waals surface area (Å²) in [6.45, 7) is 4.88. The van der Waals surface area contributed by atoms with E-state index in [9.17, 15) is 18.0 Å². The number of carbonyl (C=O) groups excluding carboxylic acids is 1. The van der Waals surface area contributed by atoms with Crippen LogP contribution in [-0.4, -0.2) is 47.0 Å². The highest BCUT2D eigenvalue weighted by molar-refractivity contribution is 5.92. The van der Waals surface area contributed by atoms with E-state index in [1.807, 2.05) is 13.0 Å². The number of aryl methyl sites for hydroxylation is 1. The van der Waals surface area contributed by atoms with E-state index in [1.54, 1.807) is 4.90 Å². The van der Waals surface area contributed by atoms with Crippen LogP contribution >= 0.6 is 0 Å². The number of hydrogen-bond acceptors (Lipinski definition) is 5. The molecule has 0 bridgehead atoms. The molecule has 0 radical (unpaired) electrons. The molecule has 1 saturated heterocycles. The van der Waals surface area contributed by atoms with Crippen molar-refractivity contribution in [3.05, 3.63) is 65.2 Å². The first-order valence-corrected chi connectivity index (χ1v) is 9.51. The van der Waals surface area contributed by atoms with Gasteiger partial charge >= 0.3 is 6.18 Å². The van der Waals surface area contributed by atoms with E-state index < -0.39 is 11.7 Å². The zero-order valence-corrected chi connectivity index (χ0v) is 16.3. The van der Waals surface area contributed by atoms with E-state index in [-0.39, 0.29) is 23.0 Å². The van der Waals surface area contributed by atoms with Crippen molar-refractivity contribution in [3.8, 4) is 11.3 Å². The summed E-state index contributed by atoms with van der Waals surface area (Å²) in [7, 11) is 0. The third kappa shape index (κ3) is 4.40. The van der Waals surface area contributed by atoms with Crippen LogP contribution in [-0.2, 0) is 12.7 Å². The van der Waals surface area contributed by atoms with Gasteiger partial charge in [0.2, 0.25) is 0 Å². The van der Waals surface area contributed by atoms with Crippen molar-refractivity contribution in [3.63, 3.8) is 0 Å². The summed E-state index contributed by atoms with van der Waals surface area (Å²) in [5.74, 6) is 0.845. The average Bonchev–Trinajstić information content (AvgIpc) is 3.37. The van der Waals surface area contributed by atoms with E-state index in [0.717, 1.165) is 23.6 Å². The summed E-state index contributed by atoms with van der Waals surface area (Å²) < 4.78 is 49.6. The number of hydrogen-bond donors (Lipinski definition) is 0. The maximum atomic E-state index is 12.9. The Morgan fingerprint density at radius 3 is 2.53 bits per heavy atom. The third-order valence-corrected chi connectivity index (χ3v) is 5.01. The van der Waals surface area contributed by atoms with Gasteiger partial charge in [0.1, 0.15) is 5.76 Å². The molecule has 1 aliphatic heterocycles. The average molecular weight is 419 g/mol. The minimum Gasteiger partial charge on any atom is -0.451 e. The number of alkyl halides is 3. The first-order chi connectivity index (χ1) is 14.3. The Balaban J connectivity index is 1.39. The maximum Gasteiger partial charge on any atom is 0.416 e. The van der Waals surface area contributed by atoms with Crippen LogP contribution in [0.25, 0.3) is 11.3 Å². The fourth-order valence-corrected chi connectivity index (χ4v) is 3.43. The standard InChI is InChI=1S/C21H20F3N3O3/c1-14-11-17(30-25-14)13-26-7-9-27(10-8-26)20(28)19-6-5-18(29-19)15-3-2-4-16(12-15)21(22,23)24/h2-6,11-12H,7-10,13H2,1H3. The highest BCUT2D eigenvalue weighted by Gasteiger charge is 2.31. The predicted molar refractivity (Wildman–Crippen MR) is 102 cm³/mol. The number of furan rings is 1. The molecule has 30 heavy (non-hydrogen) atoms. The molecule has 0 unspecified atom stereocenters. The number of piperazine rings is 1. The minimum atomic E-state index is -4.44. The molecule has 0 aliphatic carbocycles. The lowest BCUT2D eigenvalue weighted by Gasteiger charge is -2.33. The van der Waals surface area contributed by atoms with Crippen molar-refractivity contribution >= 4 is 5.91 Å². The number of benzene rings is 1. The zero-order valence-electron chi connectivity index (χ0n) is 16.3. The Morgan fingerprint density at radius 2 is 1.87 bits per heavy atom. The normalized spacial score (nSPS) is 15.5. The summed E-state index contributed by atoms with van der Waals surface area (Å²) in [5.41, 5.74) is 0.339. The second kappa shape index (κ2) is 7.98. The highest BCUT2D eigenvalue weighted by atomic mass is 19.4. The molecule has 6 nitrogen and oxygen atoms in total. The van der Waals surface area contributed by atoms with E-state index in [2.05, 4.69) is 10.1 Å². The molecule has 0 saturated carbocycles. The smallest absolute Gasteiger partial charge is 0.416 e. The summed E-state index contributed by atoms with van der Waals surface area (Å²) >= 11 is 0. The Morgan fingerprint density at radius 1 is 1.10 bits per heavy atom. The zero-order chi connectivity index (χ0) is 21.3. The molecule has 4 rings (SSSR count). The molecule has 3 heterocycles. The van der Waals surface area contributed by atoms with Crippen molar-refractivity contribution in [1.29, 1.82) is 0 Å². The van der Waals surface area contributed by atoms with Gasteiger partial charge < -0.3 is 13.8 Å². The lowest BCUT2D eigenvalue weighted by atomic mass is 10.1. The van der Waals surface area contributed by atoms with E-state index in [4.69, 9.17) is 8.94 Å². The topological polar surface area (TPSA) is 62.7 Å². The van der Waals surface area contributed by atoms with Crippen LogP contribution in [0.1, 0.15) is 27.6 Å². The number of halogens is 3. The molecule has 2 aromatic heterocycles. The molecule has 1 amide bonds. The van der Waals surface area contributed by atoms with Crippen molar-refractivity contribution in [2.45, 2.75) is 19.6 Å². The molecule has 1 aliphatic rings. The summed E-state index contributed by atoms with van der Waals surface area (Å²) in [5, 5.41) is 3.87. The van der Waals surface area contributed by atoms with E-state index in [1.165, 1.54) is 24.3 Å². The van der Waals surface area contributed by atoms with Crippen molar-refractivity contribution in [2.75, 3.05) is 26.2 Å². The molecular formula is C21H20F3N3O3.